The van der Waals surface area contributed by atoms with Crippen LogP contribution in [0.15, 0.2) is 65.6 Å². The van der Waals surface area contributed by atoms with Gasteiger partial charge in [0.1, 0.15) is 6.54 Å². The second kappa shape index (κ2) is 5.89. The minimum absolute atomic E-state index is 0.0964. The third-order valence-electron chi connectivity index (χ3n) is 4.90. The van der Waals surface area contributed by atoms with Crippen LogP contribution in [0.25, 0.3) is 10.8 Å². The summed E-state index contributed by atoms with van der Waals surface area (Å²) >= 11 is 0. The maximum Gasteiger partial charge on any atom is 0.353 e. The summed E-state index contributed by atoms with van der Waals surface area (Å²) in [6.45, 7) is -0.677. The van der Waals surface area contributed by atoms with Crippen LogP contribution in [0.4, 0.5) is 5.69 Å². The Morgan fingerprint density at radius 2 is 1.48 bits per heavy atom. The van der Waals surface area contributed by atoms with Crippen LogP contribution in [-0.4, -0.2) is 37.8 Å². The van der Waals surface area contributed by atoms with Gasteiger partial charge >= 0.3 is 5.97 Å². The Hall–Kier alpha value is -3.72. The first kappa shape index (κ1) is 17.4. The summed E-state index contributed by atoms with van der Waals surface area (Å²) in [5, 5.41) is 1.60. The number of carbonyl (C=O) groups is 3. The van der Waals surface area contributed by atoms with E-state index in [1.165, 1.54) is 18.2 Å². The number of rotatable bonds is 3. The van der Waals surface area contributed by atoms with E-state index in [0.29, 0.717) is 16.1 Å². The van der Waals surface area contributed by atoms with Gasteiger partial charge in [0.05, 0.1) is 21.7 Å². The molecule has 0 bridgehead atoms. The minimum Gasteiger partial charge on any atom is -0.328 e. The van der Waals surface area contributed by atoms with Crippen molar-refractivity contribution in [2.45, 2.75) is 4.90 Å². The first-order valence-electron chi connectivity index (χ1n) is 8.63. The zero-order valence-corrected chi connectivity index (χ0v) is 15.5. The molecule has 2 aliphatic heterocycles. The van der Waals surface area contributed by atoms with Gasteiger partial charge < -0.3 is 4.84 Å². The number of anilines is 1. The second-order valence-corrected chi connectivity index (χ2v) is 8.39. The molecule has 3 aromatic rings. The Labute approximate surface area is 164 Å². The highest BCUT2D eigenvalue weighted by molar-refractivity contribution is 7.93. The molecular weight excluding hydrogens is 396 g/mol. The van der Waals surface area contributed by atoms with Crippen molar-refractivity contribution in [2.24, 2.45) is 0 Å². The summed E-state index contributed by atoms with van der Waals surface area (Å²) < 4.78 is 26.8. The minimum atomic E-state index is -3.96. The van der Waals surface area contributed by atoms with E-state index >= 15 is 0 Å². The summed E-state index contributed by atoms with van der Waals surface area (Å²) in [5.41, 5.74) is 0.588. The number of hydrogen-bond donors (Lipinski definition) is 0. The number of nitrogens with zero attached hydrogens (tertiary/aromatic N) is 2. The van der Waals surface area contributed by atoms with E-state index in [1.54, 1.807) is 42.5 Å². The summed E-state index contributed by atoms with van der Waals surface area (Å²) in [6.07, 6.45) is 0. The van der Waals surface area contributed by atoms with Gasteiger partial charge in [-0.15, -0.1) is 0 Å². The molecule has 2 heterocycles. The third kappa shape index (κ3) is 2.37. The molecule has 8 nitrogen and oxygen atoms in total. The lowest BCUT2D eigenvalue weighted by Crippen LogP contribution is -2.39. The topological polar surface area (TPSA) is 101 Å². The molecule has 0 saturated carbocycles. The number of imide groups is 1. The van der Waals surface area contributed by atoms with Gasteiger partial charge in [-0.3, -0.25) is 13.9 Å². The zero-order chi connectivity index (χ0) is 20.3. The number of benzene rings is 3. The van der Waals surface area contributed by atoms with Crippen LogP contribution < -0.4 is 4.31 Å². The van der Waals surface area contributed by atoms with Crippen LogP contribution in [0.1, 0.15) is 20.7 Å². The molecule has 3 aromatic carbocycles. The lowest BCUT2D eigenvalue weighted by atomic mass is 10.1. The highest BCUT2D eigenvalue weighted by Gasteiger charge is 2.41. The van der Waals surface area contributed by atoms with Gasteiger partial charge in [-0.2, -0.15) is 0 Å². The Balaban J connectivity index is 1.44. The van der Waals surface area contributed by atoms with Gasteiger partial charge in [0.25, 0.3) is 21.8 Å². The number of fused-ring (bicyclic) bond motifs is 1. The molecule has 0 N–H and O–H groups in total. The van der Waals surface area contributed by atoms with Gasteiger partial charge in [-0.05, 0) is 29.7 Å². The van der Waals surface area contributed by atoms with Gasteiger partial charge in [-0.25, -0.2) is 13.2 Å². The van der Waals surface area contributed by atoms with Crippen molar-refractivity contribution >= 4 is 44.3 Å². The quantitative estimate of drug-likeness (QED) is 0.615. The van der Waals surface area contributed by atoms with Gasteiger partial charge in [0.15, 0.2) is 0 Å². The zero-order valence-electron chi connectivity index (χ0n) is 14.7. The molecule has 0 aromatic heterocycles. The van der Waals surface area contributed by atoms with E-state index in [2.05, 4.69) is 0 Å². The molecule has 5 rings (SSSR count). The molecule has 2 aliphatic rings. The van der Waals surface area contributed by atoms with Crippen LogP contribution in [0.2, 0.25) is 0 Å². The lowest BCUT2D eigenvalue weighted by Gasteiger charge is -2.19. The molecule has 0 spiro atoms. The first-order valence-corrected chi connectivity index (χ1v) is 10.1. The predicted octanol–water partition coefficient (Wildman–Crippen LogP) is 2.10. The molecule has 144 valence electrons. The molecule has 0 atom stereocenters. The third-order valence-corrected chi connectivity index (χ3v) is 6.71. The fraction of sp³-hybridized carbons (Fsp3) is 0.0500. The van der Waals surface area contributed by atoms with Crippen molar-refractivity contribution < 1.29 is 27.6 Å². The number of amides is 2. The molecule has 0 radical (unpaired) electrons. The summed E-state index contributed by atoms with van der Waals surface area (Å²) in [4.78, 5) is 42.2. The molecule has 0 fully saturated rings. The van der Waals surface area contributed by atoms with Crippen molar-refractivity contribution in [3.63, 3.8) is 0 Å². The van der Waals surface area contributed by atoms with Gasteiger partial charge in [0.2, 0.25) is 0 Å². The number of carbonyl (C=O) groups excluding carboxylic acids is 3. The normalized spacial score (nSPS) is 16.4. The average molecular weight is 408 g/mol. The monoisotopic (exact) mass is 408 g/mol. The Morgan fingerprint density at radius 1 is 0.862 bits per heavy atom. The van der Waals surface area contributed by atoms with Crippen molar-refractivity contribution in [1.82, 2.24) is 5.06 Å². The molecule has 2 amide bonds. The Kier molecular flexibility index (Phi) is 3.53. The van der Waals surface area contributed by atoms with Crippen LogP contribution >= 0.6 is 0 Å². The molecule has 9 heteroatoms. The van der Waals surface area contributed by atoms with Crippen LogP contribution in [0.5, 0.6) is 0 Å². The van der Waals surface area contributed by atoms with E-state index in [1.807, 2.05) is 0 Å². The molecular formula is C20H12N2O6S. The maximum absolute atomic E-state index is 12.9. The van der Waals surface area contributed by atoms with Crippen molar-refractivity contribution in [2.75, 3.05) is 10.8 Å². The van der Waals surface area contributed by atoms with Crippen molar-refractivity contribution in [3.05, 3.63) is 71.8 Å². The fourth-order valence-electron chi connectivity index (χ4n) is 3.63. The Morgan fingerprint density at radius 3 is 2.14 bits per heavy atom. The van der Waals surface area contributed by atoms with Crippen LogP contribution in [0.3, 0.4) is 0 Å². The predicted molar refractivity (Wildman–Crippen MR) is 102 cm³/mol. The number of hydrogen-bond acceptors (Lipinski definition) is 6. The van der Waals surface area contributed by atoms with E-state index < -0.39 is 34.4 Å². The molecule has 0 unspecified atom stereocenters. The van der Waals surface area contributed by atoms with Crippen LogP contribution in [-0.2, 0) is 19.7 Å². The van der Waals surface area contributed by atoms with E-state index in [9.17, 15) is 22.8 Å². The molecule has 0 saturated heterocycles. The summed E-state index contributed by atoms with van der Waals surface area (Å²) in [7, 11) is -3.96. The van der Waals surface area contributed by atoms with Crippen molar-refractivity contribution in [1.29, 1.82) is 0 Å². The van der Waals surface area contributed by atoms with E-state index in [4.69, 9.17) is 4.84 Å². The molecule has 29 heavy (non-hydrogen) atoms. The highest BCUT2D eigenvalue weighted by atomic mass is 32.2. The lowest BCUT2D eigenvalue weighted by molar-refractivity contribution is -0.166. The van der Waals surface area contributed by atoms with Crippen molar-refractivity contribution in [3.8, 4) is 0 Å². The highest BCUT2D eigenvalue weighted by Crippen LogP contribution is 2.41. The number of hydroxylamine groups is 2. The van der Waals surface area contributed by atoms with Crippen LogP contribution in [0, 0.1) is 0 Å². The average Bonchev–Trinajstić information content (AvgIpc) is 3.08. The summed E-state index contributed by atoms with van der Waals surface area (Å²) in [6, 6.07) is 16.0. The maximum atomic E-state index is 12.9. The van der Waals surface area contributed by atoms with Gasteiger partial charge in [0, 0.05) is 5.39 Å². The van der Waals surface area contributed by atoms with E-state index in [-0.39, 0.29) is 16.0 Å². The van der Waals surface area contributed by atoms with Gasteiger partial charge in [-0.1, -0.05) is 41.5 Å². The largest absolute Gasteiger partial charge is 0.353 e. The Bertz CT molecular complexity index is 1310. The second-order valence-electron chi connectivity index (χ2n) is 6.56. The molecule has 0 aliphatic carbocycles. The van der Waals surface area contributed by atoms with E-state index in [0.717, 1.165) is 9.69 Å². The SMILES string of the molecule is O=C(CN1c2cccc3cccc(c23)S1(=O)=O)ON1C(=O)c2ccccc2C1=O. The summed E-state index contributed by atoms with van der Waals surface area (Å²) in [5.74, 6) is -2.59. The number of sulfonamides is 1. The smallest absolute Gasteiger partial charge is 0.328 e. The standard InChI is InChI=1S/C20H12N2O6S/c23-17(28-22-19(24)13-7-1-2-8-14(13)20(22)25)11-21-15-9-3-5-12-6-4-10-16(18(12)15)29(21,26)27/h1-10H,11H2. The first-order chi connectivity index (χ1) is 13.9. The fourth-order valence-corrected chi connectivity index (χ4v) is 5.28.